The summed E-state index contributed by atoms with van der Waals surface area (Å²) in [4.78, 5) is 43.5. The molecule has 3 amide bonds. The van der Waals surface area contributed by atoms with E-state index >= 15 is 0 Å². The molecule has 2 aromatic carbocycles. The van der Waals surface area contributed by atoms with Crippen molar-refractivity contribution in [2.24, 2.45) is 11.8 Å². The van der Waals surface area contributed by atoms with Crippen LogP contribution < -0.4 is 20.1 Å². The monoisotopic (exact) mass is 559 g/mol. The van der Waals surface area contributed by atoms with Crippen LogP contribution in [0.1, 0.15) is 44.6 Å². The van der Waals surface area contributed by atoms with Crippen molar-refractivity contribution >= 4 is 23.4 Å². The van der Waals surface area contributed by atoms with Crippen LogP contribution >= 0.6 is 0 Å². The smallest absolute Gasteiger partial charge is 0.246 e. The lowest BCUT2D eigenvalue weighted by atomic mass is 9.74. The largest absolute Gasteiger partial charge is 0.497 e. The van der Waals surface area contributed by atoms with Gasteiger partial charge in [0.25, 0.3) is 0 Å². The second-order valence-corrected chi connectivity index (χ2v) is 11.3. The molecule has 2 bridgehead atoms. The molecule has 9 nitrogen and oxygen atoms in total. The number of benzene rings is 2. The molecule has 4 aliphatic rings. The minimum atomic E-state index is -1.21. The van der Waals surface area contributed by atoms with Gasteiger partial charge in [-0.15, -0.1) is 0 Å². The van der Waals surface area contributed by atoms with Gasteiger partial charge in [0.2, 0.25) is 17.7 Å². The van der Waals surface area contributed by atoms with Gasteiger partial charge in [0.05, 0.1) is 31.7 Å². The highest BCUT2D eigenvalue weighted by atomic mass is 16.5. The van der Waals surface area contributed by atoms with Gasteiger partial charge in [0, 0.05) is 18.3 Å². The Morgan fingerprint density at radius 2 is 1.83 bits per heavy atom. The molecule has 0 aromatic heterocycles. The maximum Gasteiger partial charge on any atom is 0.246 e. The summed E-state index contributed by atoms with van der Waals surface area (Å²) >= 11 is 0. The fraction of sp³-hybridized carbons (Fsp3) is 0.469. The Morgan fingerprint density at radius 3 is 2.56 bits per heavy atom. The minimum absolute atomic E-state index is 0.0711. The lowest BCUT2D eigenvalue weighted by molar-refractivity contribution is -0.142. The molecule has 3 heterocycles. The van der Waals surface area contributed by atoms with Gasteiger partial charge in [-0.25, -0.2) is 0 Å². The molecule has 0 unspecified atom stereocenters. The van der Waals surface area contributed by atoms with Crippen LogP contribution in [0, 0.1) is 11.8 Å². The summed E-state index contributed by atoms with van der Waals surface area (Å²) in [6, 6.07) is 13.8. The van der Waals surface area contributed by atoms with Crippen molar-refractivity contribution in [1.29, 1.82) is 0 Å². The Kier molecular flexibility index (Phi) is 7.46. The van der Waals surface area contributed by atoms with Crippen LogP contribution in [0.3, 0.4) is 0 Å². The van der Waals surface area contributed by atoms with Crippen LogP contribution in [0.2, 0.25) is 0 Å². The third-order valence-electron chi connectivity index (χ3n) is 8.80. The number of nitrogens with zero attached hydrogens (tertiary/aromatic N) is 1. The fourth-order valence-corrected chi connectivity index (χ4v) is 6.96. The molecule has 2 N–H and O–H groups in total. The predicted molar refractivity (Wildman–Crippen MR) is 152 cm³/mol. The third kappa shape index (κ3) is 4.96. The van der Waals surface area contributed by atoms with E-state index < -0.39 is 29.6 Å². The van der Waals surface area contributed by atoms with Gasteiger partial charge in [-0.1, -0.05) is 43.5 Å². The zero-order chi connectivity index (χ0) is 28.6. The number of likely N-dealkylation sites (tertiary alicyclic amines) is 1. The van der Waals surface area contributed by atoms with Gasteiger partial charge in [-0.05, 0) is 61.7 Å². The number of methoxy groups -OCH3 is 1. The van der Waals surface area contributed by atoms with Crippen LogP contribution in [-0.2, 0) is 25.7 Å². The molecular weight excluding hydrogens is 522 g/mol. The fourth-order valence-electron chi connectivity index (χ4n) is 6.96. The summed E-state index contributed by atoms with van der Waals surface area (Å²) in [5.41, 5.74) is 0.225. The van der Waals surface area contributed by atoms with Crippen molar-refractivity contribution in [3.8, 4) is 11.5 Å². The van der Waals surface area contributed by atoms with Gasteiger partial charge >= 0.3 is 0 Å². The van der Waals surface area contributed by atoms with Crippen molar-refractivity contribution in [2.75, 3.05) is 19.0 Å². The number of hydrogen-bond acceptors (Lipinski definition) is 6. The van der Waals surface area contributed by atoms with Crippen molar-refractivity contribution in [3.63, 3.8) is 0 Å². The Labute approximate surface area is 240 Å². The van der Waals surface area contributed by atoms with E-state index in [9.17, 15) is 14.4 Å². The van der Waals surface area contributed by atoms with E-state index in [1.807, 2.05) is 43.3 Å². The Morgan fingerprint density at radius 1 is 1.05 bits per heavy atom. The van der Waals surface area contributed by atoms with E-state index in [4.69, 9.17) is 14.2 Å². The maximum atomic E-state index is 14.2. The van der Waals surface area contributed by atoms with Crippen LogP contribution in [0.5, 0.6) is 11.5 Å². The Hall–Kier alpha value is -3.85. The van der Waals surface area contributed by atoms with E-state index in [0.29, 0.717) is 23.8 Å². The molecular formula is C32H37N3O6. The quantitative estimate of drug-likeness (QED) is 0.453. The summed E-state index contributed by atoms with van der Waals surface area (Å²) < 4.78 is 17.4. The zero-order valence-corrected chi connectivity index (χ0v) is 23.5. The number of fused-ring (bicyclic) bond motifs is 1. The number of ether oxygens (including phenoxy) is 3. The molecule has 41 heavy (non-hydrogen) atoms. The third-order valence-corrected chi connectivity index (χ3v) is 8.80. The molecule has 0 radical (unpaired) electrons. The molecule has 1 aliphatic carbocycles. The Balaban J connectivity index is 1.30. The average molecular weight is 560 g/mol. The van der Waals surface area contributed by atoms with E-state index in [1.54, 1.807) is 36.3 Å². The number of rotatable bonds is 9. The molecule has 216 valence electrons. The minimum Gasteiger partial charge on any atom is -0.497 e. The van der Waals surface area contributed by atoms with E-state index in [-0.39, 0.29) is 30.3 Å². The van der Waals surface area contributed by atoms with Gasteiger partial charge in [-0.2, -0.15) is 0 Å². The van der Waals surface area contributed by atoms with Crippen molar-refractivity contribution in [3.05, 3.63) is 66.2 Å². The lowest BCUT2D eigenvalue weighted by Gasteiger charge is -2.34. The van der Waals surface area contributed by atoms with Crippen molar-refractivity contribution in [2.45, 2.75) is 69.4 Å². The molecule has 1 saturated carbocycles. The van der Waals surface area contributed by atoms with Gasteiger partial charge in [-0.3, -0.25) is 14.4 Å². The Bertz CT molecular complexity index is 1340. The molecule has 9 heteroatoms. The van der Waals surface area contributed by atoms with Crippen molar-refractivity contribution < 1.29 is 28.6 Å². The van der Waals surface area contributed by atoms with Crippen LogP contribution in [0.4, 0.5) is 5.69 Å². The van der Waals surface area contributed by atoms with E-state index in [1.165, 1.54) is 6.42 Å². The molecule has 5 atom stereocenters. The van der Waals surface area contributed by atoms with E-state index in [2.05, 4.69) is 10.6 Å². The first kappa shape index (κ1) is 27.3. The molecule has 1 spiro atoms. The second kappa shape index (κ2) is 11.2. The highest BCUT2D eigenvalue weighted by molar-refractivity contribution is 6.02. The number of amides is 3. The topological polar surface area (TPSA) is 106 Å². The molecule has 3 fully saturated rings. The van der Waals surface area contributed by atoms with Crippen LogP contribution in [0.15, 0.2) is 60.7 Å². The highest BCUT2D eigenvalue weighted by Crippen LogP contribution is 2.55. The summed E-state index contributed by atoms with van der Waals surface area (Å²) in [5, 5.41) is 6.19. The zero-order valence-electron chi connectivity index (χ0n) is 23.5. The van der Waals surface area contributed by atoms with Crippen molar-refractivity contribution in [1.82, 2.24) is 10.2 Å². The van der Waals surface area contributed by atoms with Crippen LogP contribution in [0.25, 0.3) is 0 Å². The molecule has 3 aliphatic heterocycles. The molecule has 6 rings (SSSR count). The SMILES string of the molecule is CCOc1ccc(NC(=O)[C@H]2[C@H]3C=C[C@@]4(O3)[C@H]2C(=O)N(Cc2cccc(OC)c2)[C@@H]4C(=O)NC2CCCCC2)cc1. The first-order valence-electron chi connectivity index (χ1n) is 14.6. The number of carbonyl (C=O) groups is 3. The normalized spacial score (nSPS) is 28.4. The first-order valence-corrected chi connectivity index (χ1v) is 14.6. The first-order chi connectivity index (χ1) is 19.9. The van der Waals surface area contributed by atoms with Gasteiger partial charge in [0.1, 0.15) is 23.1 Å². The standard InChI is InChI=1S/C32H37N3O6/c1-3-40-23-14-12-22(13-15-23)33-29(36)26-25-16-17-32(41-25)27(26)31(38)35(19-20-8-7-11-24(18-20)39-2)28(32)30(37)34-21-9-5-4-6-10-21/h7-8,11-18,21,25-28H,3-6,9-10,19H2,1-2H3,(H,33,36)(H,34,37)/t25-,26+,27-,28-,32-/m1/s1. The number of carbonyl (C=O) groups excluding carboxylic acids is 3. The molecule has 2 saturated heterocycles. The van der Waals surface area contributed by atoms with Gasteiger partial charge in [0.15, 0.2) is 0 Å². The number of anilines is 1. The average Bonchev–Trinajstić information content (AvgIpc) is 3.62. The maximum absolute atomic E-state index is 14.2. The van der Waals surface area contributed by atoms with Gasteiger partial charge < -0.3 is 29.7 Å². The summed E-state index contributed by atoms with van der Waals surface area (Å²) in [7, 11) is 1.59. The highest BCUT2D eigenvalue weighted by Gasteiger charge is 2.72. The predicted octanol–water partition coefficient (Wildman–Crippen LogP) is 3.83. The van der Waals surface area contributed by atoms with E-state index in [0.717, 1.165) is 31.2 Å². The lowest BCUT2D eigenvalue weighted by Crippen LogP contribution is -2.56. The second-order valence-electron chi connectivity index (χ2n) is 11.3. The molecule has 2 aromatic rings. The van der Waals surface area contributed by atoms with Crippen LogP contribution in [-0.4, -0.2) is 60.1 Å². The number of hydrogen-bond donors (Lipinski definition) is 2. The summed E-state index contributed by atoms with van der Waals surface area (Å²) in [6.45, 7) is 2.66. The summed E-state index contributed by atoms with van der Waals surface area (Å²) in [6.07, 6.45) is 8.25. The number of nitrogens with one attached hydrogen (secondary N) is 2. The summed E-state index contributed by atoms with van der Waals surface area (Å²) in [5.74, 6) is -0.989.